The van der Waals surface area contributed by atoms with E-state index < -0.39 is 0 Å². The molecular formula is C9H8ClNS. The van der Waals surface area contributed by atoms with Crippen LogP contribution in [-0.4, -0.2) is 4.98 Å². The van der Waals surface area contributed by atoms with Gasteiger partial charge in [0.05, 0.1) is 16.3 Å². The van der Waals surface area contributed by atoms with E-state index in [9.17, 15) is 0 Å². The molecule has 0 aliphatic heterocycles. The van der Waals surface area contributed by atoms with E-state index >= 15 is 0 Å². The lowest BCUT2D eigenvalue weighted by atomic mass is 10.3. The van der Waals surface area contributed by atoms with E-state index in [0.29, 0.717) is 5.88 Å². The van der Waals surface area contributed by atoms with Crippen molar-refractivity contribution < 1.29 is 0 Å². The monoisotopic (exact) mass is 197 g/mol. The van der Waals surface area contributed by atoms with Crippen LogP contribution in [0.3, 0.4) is 0 Å². The van der Waals surface area contributed by atoms with Crippen LogP contribution in [0.2, 0.25) is 0 Å². The number of rotatable bonds is 1. The SMILES string of the molecule is Cc1cc2ccnc(CCl)c2s1. The first-order valence-electron chi connectivity index (χ1n) is 3.71. The molecule has 0 N–H and O–H groups in total. The summed E-state index contributed by atoms with van der Waals surface area (Å²) in [4.78, 5) is 5.53. The molecule has 2 aromatic rings. The van der Waals surface area contributed by atoms with Gasteiger partial charge >= 0.3 is 0 Å². The van der Waals surface area contributed by atoms with Gasteiger partial charge in [0.15, 0.2) is 0 Å². The Morgan fingerprint density at radius 2 is 2.42 bits per heavy atom. The van der Waals surface area contributed by atoms with Gasteiger partial charge in [-0.1, -0.05) is 0 Å². The van der Waals surface area contributed by atoms with E-state index in [2.05, 4.69) is 18.0 Å². The number of pyridine rings is 1. The number of thiophene rings is 1. The molecule has 0 atom stereocenters. The van der Waals surface area contributed by atoms with E-state index in [0.717, 1.165) is 5.69 Å². The summed E-state index contributed by atoms with van der Waals surface area (Å²) in [5.74, 6) is 0.497. The summed E-state index contributed by atoms with van der Waals surface area (Å²) in [6, 6.07) is 4.19. The average molecular weight is 198 g/mol. The highest BCUT2D eigenvalue weighted by Gasteiger charge is 2.03. The van der Waals surface area contributed by atoms with Crippen LogP contribution in [0.15, 0.2) is 18.3 Å². The van der Waals surface area contributed by atoms with E-state index in [1.807, 2.05) is 12.3 Å². The van der Waals surface area contributed by atoms with Gasteiger partial charge in [0.2, 0.25) is 0 Å². The van der Waals surface area contributed by atoms with Crippen LogP contribution in [0.25, 0.3) is 10.1 Å². The number of fused-ring (bicyclic) bond motifs is 1. The van der Waals surface area contributed by atoms with Crippen molar-refractivity contribution in [1.82, 2.24) is 4.98 Å². The van der Waals surface area contributed by atoms with E-state index in [-0.39, 0.29) is 0 Å². The Morgan fingerprint density at radius 1 is 1.58 bits per heavy atom. The molecule has 0 amide bonds. The first-order chi connectivity index (χ1) is 5.81. The van der Waals surface area contributed by atoms with Crippen molar-refractivity contribution in [1.29, 1.82) is 0 Å². The van der Waals surface area contributed by atoms with Crippen LogP contribution in [0.5, 0.6) is 0 Å². The van der Waals surface area contributed by atoms with Gasteiger partial charge < -0.3 is 0 Å². The Kier molecular flexibility index (Phi) is 2.03. The maximum Gasteiger partial charge on any atom is 0.0729 e. The summed E-state index contributed by atoms with van der Waals surface area (Å²) in [7, 11) is 0. The maximum atomic E-state index is 5.76. The Hall–Kier alpha value is -0.600. The fourth-order valence-corrected chi connectivity index (χ4v) is 2.52. The predicted molar refractivity (Wildman–Crippen MR) is 53.9 cm³/mol. The Balaban J connectivity index is 2.78. The smallest absolute Gasteiger partial charge is 0.0729 e. The predicted octanol–water partition coefficient (Wildman–Crippen LogP) is 3.34. The van der Waals surface area contributed by atoms with Crippen LogP contribution >= 0.6 is 22.9 Å². The first kappa shape index (κ1) is 8.02. The van der Waals surface area contributed by atoms with Crippen LogP contribution in [0.4, 0.5) is 0 Å². The number of hydrogen-bond donors (Lipinski definition) is 0. The average Bonchev–Trinajstić information content (AvgIpc) is 2.44. The zero-order valence-electron chi connectivity index (χ0n) is 6.67. The molecule has 0 bridgehead atoms. The normalized spacial score (nSPS) is 10.8. The van der Waals surface area contributed by atoms with E-state index in [4.69, 9.17) is 11.6 Å². The highest BCUT2D eigenvalue weighted by molar-refractivity contribution is 7.19. The van der Waals surface area contributed by atoms with Gasteiger partial charge in [0.25, 0.3) is 0 Å². The second kappa shape index (κ2) is 3.04. The van der Waals surface area contributed by atoms with E-state index in [1.54, 1.807) is 11.3 Å². The second-order valence-electron chi connectivity index (χ2n) is 2.67. The number of nitrogens with zero attached hydrogens (tertiary/aromatic N) is 1. The van der Waals surface area contributed by atoms with Crippen LogP contribution < -0.4 is 0 Å². The first-order valence-corrected chi connectivity index (χ1v) is 5.06. The van der Waals surface area contributed by atoms with Crippen LogP contribution in [0, 0.1) is 6.92 Å². The fraction of sp³-hybridized carbons (Fsp3) is 0.222. The standard InChI is InChI=1S/C9H8ClNS/c1-6-4-7-2-3-11-8(5-10)9(7)12-6/h2-4H,5H2,1H3. The highest BCUT2D eigenvalue weighted by Crippen LogP contribution is 2.27. The molecule has 2 rings (SSSR count). The molecule has 12 heavy (non-hydrogen) atoms. The minimum Gasteiger partial charge on any atom is -0.259 e. The third-order valence-electron chi connectivity index (χ3n) is 1.76. The van der Waals surface area contributed by atoms with Crippen molar-refractivity contribution in [2.75, 3.05) is 0 Å². The summed E-state index contributed by atoms with van der Waals surface area (Å²) in [5, 5.41) is 1.25. The molecule has 1 nitrogen and oxygen atoms in total. The van der Waals surface area contributed by atoms with Gasteiger partial charge in [-0.05, 0) is 24.4 Å². The lowest BCUT2D eigenvalue weighted by Gasteiger charge is -1.94. The van der Waals surface area contributed by atoms with Crippen molar-refractivity contribution in [3.63, 3.8) is 0 Å². The molecular weight excluding hydrogens is 190 g/mol. The molecule has 2 aromatic heterocycles. The maximum absolute atomic E-state index is 5.76. The van der Waals surface area contributed by atoms with Crippen molar-refractivity contribution in [2.24, 2.45) is 0 Å². The number of hydrogen-bond acceptors (Lipinski definition) is 2. The Bertz CT molecular complexity index is 408. The molecule has 2 heterocycles. The number of alkyl halides is 1. The lowest BCUT2D eigenvalue weighted by molar-refractivity contribution is 1.21. The van der Waals surface area contributed by atoms with Gasteiger partial charge in [0.1, 0.15) is 0 Å². The van der Waals surface area contributed by atoms with Crippen molar-refractivity contribution >= 4 is 33.0 Å². The van der Waals surface area contributed by atoms with Gasteiger partial charge in [-0.2, -0.15) is 0 Å². The molecule has 0 unspecified atom stereocenters. The minimum atomic E-state index is 0.497. The summed E-state index contributed by atoms with van der Waals surface area (Å²) in [5.41, 5.74) is 0.993. The zero-order chi connectivity index (χ0) is 8.55. The fourth-order valence-electron chi connectivity index (χ4n) is 1.24. The molecule has 0 saturated heterocycles. The Morgan fingerprint density at radius 3 is 3.17 bits per heavy atom. The second-order valence-corrected chi connectivity index (χ2v) is 4.19. The summed E-state index contributed by atoms with van der Waals surface area (Å²) >= 11 is 7.52. The molecule has 0 saturated carbocycles. The quantitative estimate of drug-likeness (QED) is 0.639. The minimum absolute atomic E-state index is 0.497. The third-order valence-corrected chi connectivity index (χ3v) is 3.13. The molecule has 0 radical (unpaired) electrons. The lowest BCUT2D eigenvalue weighted by Crippen LogP contribution is -1.82. The van der Waals surface area contributed by atoms with Gasteiger partial charge in [-0.3, -0.25) is 4.98 Å². The van der Waals surface area contributed by atoms with Crippen molar-refractivity contribution in [3.05, 3.63) is 28.9 Å². The van der Waals surface area contributed by atoms with Gasteiger partial charge in [-0.15, -0.1) is 22.9 Å². The molecule has 0 aliphatic rings. The molecule has 0 aromatic carbocycles. The Labute approximate surface area is 80.0 Å². The zero-order valence-corrected chi connectivity index (χ0v) is 8.25. The largest absolute Gasteiger partial charge is 0.259 e. The van der Waals surface area contributed by atoms with E-state index in [1.165, 1.54) is 15.0 Å². The highest BCUT2D eigenvalue weighted by atomic mass is 35.5. The number of halogens is 1. The van der Waals surface area contributed by atoms with Crippen molar-refractivity contribution in [3.8, 4) is 0 Å². The van der Waals surface area contributed by atoms with Gasteiger partial charge in [-0.25, -0.2) is 0 Å². The van der Waals surface area contributed by atoms with Crippen LogP contribution in [0.1, 0.15) is 10.6 Å². The molecule has 0 aliphatic carbocycles. The summed E-state index contributed by atoms with van der Waals surface area (Å²) in [6.45, 7) is 2.10. The van der Waals surface area contributed by atoms with Crippen LogP contribution in [-0.2, 0) is 5.88 Å². The van der Waals surface area contributed by atoms with Gasteiger partial charge in [0, 0.05) is 11.1 Å². The molecule has 3 heteroatoms. The third kappa shape index (κ3) is 1.21. The number of aryl methyl sites for hydroxylation is 1. The topological polar surface area (TPSA) is 12.9 Å². The number of aromatic nitrogens is 1. The summed E-state index contributed by atoms with van der Waals surface area (Å²) < 4.78 is 1.23. The molecule has 62 valence electrons. The summed E-state index contributed by atoms with van der Waals surface area (Å²) in [6.07, 6.45) is 1.81. The van der Waals surface area contributed by atoms with Crippen molar-refractivity contribution in [2.45, 2.75) is 12.8 Å². The molecule has 0 fully saturated rings. The molecule has 0 spiro atoms.